The fraction of sp³-hybridized carbons (Fsp3) is 0.833. The van der Waals surface area contributed by atoms with Gasteiger partial charge in [0.05, 0.1) is 0 Å². The van der Waals surface area contributed by atoms with Gasteiger partial charge in [-0.1, -0.05) is 19.8 Å². The van der Waals surface area contributed by atoms with Gasteiger partial charge in [-0.15, -0.1) is 0 Å². The number of esters is 3. The molecule has 9 nitrogen and oxygen atoms in total. The Kier molecular flexibility index (Phi) is 11.9. The first-order chi connectivity index (χ1) is 14.8. The van der Waals surface area contributed by atoms with Crippen molar-refractivity contribution in [1.82, 2.24) is 10.6 Å². The lowest BCUT2D eigenvalue weighted by Gasteiger charge is -2.27. The molecule has 0 fully saturated rings. The van der Waals surface area contributed by atoms with Crippen LogP contribution in [0.15, 0.2) is 0 Å². The van der Waals surface area contributed by atoms with Crippen molar-refractivity contribution in [2.24, 2.45) is 0 Å². The molecule has 0 spiro atoms. The second-order valence-corrected chi connectivity index (χ2v) is 11.1. The van der Waals surface area contributed by atoms with Gasteiger partial charge in [-0.2, -0.15) is 0 Å². The molecule has 0 aromatic carbocycles. The Morgan fingerprint density at radius 2 is 1.06 bits per heavy atom. The van der Waals surface area contributed by atoms with Crippen molar-refractivity contribution in [3.63, 3.8) is 0 Å². The van der Waals surface area contributed by atoms with Crippen molar-refractivity contribution < 1.29 is 33.4 Å². The highest BCUT2D eigenvalue weighted by molar-refractivity contribution is 5.87. The van der Waals surface area contributed by atoms with Gasteiger partial charge in [0.1, 0.15) is 28.9 Å². The first kappa shape index (κ1) is 30.7. The first-order valence-corrected chi connectivity index (χ1v) is 11.6. The average molecular weight is 473 g/mol. The Hall–Kier alpha value is -2.32. The maximum atomic E-state index is 12.7. The Balaban J connectivity index is 5.34. The molecular formula is C24H44N2O7. The van der Waals surface area contributed by atoms with Crippen LogP contribution < -0.4 is 10.6 Å². The molecule has 0 heterocycles. The summed E-state index contributed by atoms with van der Waals surface area (Å²) >= 11 is 0. The number of urea groups is 1. The van der Waals surface area contributed by atoms with E-state index in [1.807, 2.05) is 6.92 Å². The number of carbonyl (C=O) groups is 4. The molecule has 0 saturated heterocycles. The molecule has 0 rings (SSSR count). The maximum Gasteiger partial charge on any atom is 0.329 e. The summed E-state index contributed by atoms with van der Waals surface area (Å²) in [6.07, 6.45) is 1.83. The van der Waals surface area contributed by atoms with E-state index < -0.39 is 52.8 Å². The van der Waals surface area contributed by atoms with Crippen molar-refractivity contribution >= 4 is 23.9 Å². The van der Waals surface area contributed by atoms with E-state index in [0.717, 1.165) is 6.42 Å². The van der Waals surface area contributed by atoms with Crippen LogP contribution in [0.1, 0.15) is 101 Å². The molecule has 0 aliphatic heterocycles. The molecule has 0 unspecified atom stereocenters. The molecule has 9 heteroatoms. The number of carbonyl (C=O) groups excluding carboxylic acids is 4. The van der Waals surface area contributed by atoms with Crippen LogP contribution in [0.5, 0.6) is 0 Å². The van der Waals surface area contributed by atoms with Gasteiger partial charge in [-0.25, -0.2) is 14.4 Å². The SMILES string of the molecule is CCCC[C@H](NC(=O)N[C@@H](CCC(=O)OC(C)(C)C)C(=O)OC(C)(C)C)C(=O)OC(C)(C)C. The highest BCUT2D eigenvalue weighted by Crippen LogP contribution is 2.14. The van der Waals surface area contributed by atoms with Crippen LogP contribution in [0.25, 0.3) is 0 Å². The fourth-order valence-corrected chi connectivity index (χ4v) is 2.66. The Labute approximate surface area is 198 Å². The minimum atomic E-state index is -1.10. The van der Waals surface area contributed by atoms with E-state index in [9.17, 15) is 19.2 Å². The molecule has 0 saturated carbocycles. The highest BCUT2D eigenvalue weighted by Gasteiger charge is 2.31. The lowest BCUT2D eigenvalue weighted by molar-refractivity contribution is -0.159. The number of nitrogens with one attached hydrogen (secondary N) is 2. The topological polar surface area (TPSA) is 120 Å². The van der Waals surface area contributed by atoms with Gasteiger partial charge >= 0.3 is 23.9 Å². The smallest absolute Gasteiger partial charge is 0.329 e. The van der Waals surface area contributed by atoms with E-state index in [-0.39, 0.29) is 12.8 Å². The molecule has 2 amide bonds. The van der Waals surface area contributed by atoms with Crippen LogP contribution in [0.4, 0.5) is 4.79 Å². The van der Waals surface area contributed by atoms with E-state index in [2.05, 4.69) is 10.6 Å². The molecule has 2 N–H and O–H groups in total. The van der Waals surface area contributed by atoms with Gasteiger partial charge < -0.3 is 24.8 Å². The minimum Gasteiger partial charge on any atom is -0.460 e. The second kappa shape index (κ2) is 12.8. The third-order valence-electron chi connectivity index (χ3n) is 3.90. The van der Waals surface area contributed by atoms with Crippen LogP contribution >= 0.6 is 0 Å². The number of hydrogen-bond donors (Lipinski definition) is 2. The zero-order valence-corrected chi connectivity index (χ0v) is 22.0. The molecule has 33 heavy (non-hydrogen) atoms. The van der Waals surface area contributed by atoms with Crippen molar-refractivity contribution in [3.05, 3.63) is 0 Å². The zero-order valence-electron chi connectivity index (χ0n) is 22.0. The quantitative estimate of drug-likeness (QED) is 0.364. The summed E-state index contributed by atoms with van der Waals surface area (Å²) in [5.41, 5.74) is -2.14. The first-order valence-electron chi connectivity index (χ1n) is 11.6. The van der Waals surface area contributed by atoms with E-state index in [1.165, 1.54) is 0 Å². The van der Waals surface area contributed by atoms with Gasteiger partial charge in [0.2, 0.25) is 0 Å². The predicted molar refractivity (Wildman–Crippen MR) is 126 cm³/mol. The Bertz CT molecular complexity index is 670. The number of ether oxygens (including phenoxy) is 3. The maximum absolute atomic E-state index is 12.7. The van der Waals surface area contributed by atoms with Crippen molar-refractivity contribution in [1.29, 1.82) is 0 Å². The molecule has 0 aromatic rings. The van der Waals surface area contributed by atoms with Crippen molar-refractivity contribution in [2.45, 2.75) is 130 Å². The zero-order chi connectivity index (χ0) is 26.0. The summed E-state index contributed by atoms with van der Waals surface area (Å²) in [6.45, 7) is 17.6. The summed E-state index contributed by atoms with van der Waals surface area (Å²) in [4.78, 5) is 50.0. The predicted octanol–water partition coefficient (Wildman–Crippen LogP) is 4.02. The standard InChI is InChI=1S/C24H44N2O7/c1-11-12-13-16(19(28)32-23(5,6)7)25-21(30)26-17(20(29)33-24(8,9)10)14-15-18(27)31-22(2,3)4/h16-17H,11-15H2,1-10H3,(H2,25,26,30)/t16-,17-/m0/s1. The molecular weight excluding hydrogens is 428 g/mol. The summed E-state index contributed by atoms with van der Waals surface area (Å²) in [7, 11) is 0. The average Bonchev–Trinajstić information content (AvgIpc) is 2.57. The minimum absolute atomic E-state index is 0.0106. The molecule has 0 bridgehead atoms. The third kappa shape index (κ3) is 16.0. The molecule has 0 aliphatic carbocycles. The molecule has 0 aromatic heterocycles. The molecule has 0 aliphatic rings. The van der Waals surface area contributed by atoms with Gasteiger partial charge in [0.15, 0.2) is 0 Å². The third-order valence-corrected chi connectivity index (χ3v) is 3.90. The number of unbranched alkanes of at least 4 members (excludes halogenated alkanes) is 1. The highest BCUT2D eigenvalue weighted by atomic mass is 16.6. The van der Waals surface area contributed by atoms with Crippen molar-refractivity contribution in [3.8, 4) is 0 Å². The largest absolute Gasteiger partial charge is 0.460 e. The van der Waals surface area contributed by atoms with E-state index in [1.54, 1.807) is 62.3 Å². The summed E-state index contributed by atoms with van der Waals surface area (Å²) in [5.74, 6) is -1.72. The fourth-order valence-electron chi connectivity index (χ4n) is 2.66. The molecule has 0 radical (unpaired) electrons. The lowest BCUT2D eigenvalue weighted by Crippen LogP contribution is -2.53. The van der Waals surface area contributed by atoms with Crippen molar-refractivity contribution in [2.75, 3.05) is 0 Å². The Morgan fingerprint density at radius 3 is 1.42 bits per heavy atom. The number of hydrogen-bond acceptors (Lipinski definition) is 7. The van der Waals surface area contributed by atoms with Gasteiger partial charge in [0, 0.05) is 6.42 Å². The summed E-state index contributed by atoms with van der Waals surface area (Å²) in [6, 6.07) is -2.68. The number of amides is 2. The van der Waals surface area contributed by atoms with Crippen LogP contribution in [0, 0.1) is 0 Å². The van der Waals surface area contributed by atoms with Crippen LogP contribution in [0.2, 0.25) is 0 Å². The summed E-state index contributed by atoms with van der Waals surface area (Å²) < 4.78 is 16.1. The molecule has 192 valence electrons. The molecule has 2 atom stereocenters. The van der Waals surface area contributed by atoms with Crippen LogP contribution in [-0.4, -0.2) is 52.8 Å². The summed E-state index contributed by atoms with van der Waals surface area (Å²) in [5, 5.41) is 5.14. The van der Waals surface area contributed by atoms with E-state index in [4.69, 9.17) is 14.2 Å². The van der Waals surface area contributed by atoms with E-state index in [0.29, 0.717) is 12.8 Å². The number of rotatable bonds is 10. The normalized spacial score (nSPS) is 14.0. The van der Waals surface area contributed by atoms with Gasteiger partial charge in [-0.05, 0) is 75.2 Å². The van der Waals surface area contributed by atoms with E-state index >= 15 is 0 Å². The van der Waals surface area contributed by atoms with Crippen LogP contribution in [-0.2, 0) is 28.6 Å². The van der Waals surface area contributed by atoms with Gasteiger partial charge in [0.25, 0.3) is 0 Å². The Morgan fingerprint density at radius 1 is 0.667 bits per heavy atom. The lowest BCUT2D eigenvalue weighted by atomic mass is 10.1. The van der Waals surface area contributed by atoms with Crippen LogP contribution in [0.3, 0.4) is 0 Å². The monoisotopic (exact) mass is 472 g/mol. The second-order valence-electron chi connectivity index (χ2n) is 11.1. The van der Waals surface area contributed by atoms with Gasteiger partial charge in [-0.3, -0.25) is 4.79 Å².